The van der Waals surface area contributed by atoms with Gasteiger partial charge in [0.15, 0.2) is 0 Å². The number of methoxy groups -OCH3 is 1. The van der Waals surface area contributed by atoms with Gasteiger partial charge in [-0.2, -0.15) is 0 Å². The molecule has 0 saturated carbocycles. The Kier molecular flexibility index (Phi) is 4.83. The minimum Gasteiger partial charge on any atom is -0.466 e. The summed E-state index contributed by atoms with van der Waals surface area (Å²) in [6.45, 7) is 0.610. The highest BCUT2D eigenvalue weighted by atomic mass is 16.7. The Bertz CT molecular complexity index is 253. The molecule has 0 N–H and O–H groups in total. The lowest BCUT2D eigenvalue weighted by atomic mass is 10.2. The number of esters is 2. The molecule has 0 bridgehead atoms. The Morgan fingerprint density at radius 2 is 2.00 bits per heavy atom. The van der Waals surface area contributed by atoms with Gasteiger partial charge >= 0.3 is 11.9 Å². The van der Waals surface area contributed by atoms with Crippen LogP contribution in [0.1, 0.15) is 19.3 Å². The molecule has 0 amide bonds. The molecule has 5 heteroatoms. The van der Waals surface area contributed by atoms with Gasteiger partial charge in [0, 0.05) is 18.6 Å². The molecule has 1 saturated heterocycles. The normalized spacial score (nSPS) is 21.3. The lowest BCUT2D eigenvalue weighted by molar-refractivity contribution is -0.181. The minimum absolute atomic E-state index is 0.478. The van der Waals surface area contributed by atoms with Crippen molar-refractivity contribution in [3.63, 3.8) is 0 Å². The van der Waals surface area contributed by atoms with Crippen LogP contribution in [0, 0.1) is 0 Å². The average Bonchev–Trinajstić information content (AvgIpc) is 2.27. The molecule has 1 aliphatic heterocycles. The fourth-order valence-electron chi connectivity index (χ4n) is 1.18. The van der Waals surface area contributed by atoms with Crippen molar-refractivity contribution in [2.24, 2.45) is 0 Å². The number of rotatable bonds is 3. The summed E-state index contributed by atoms with van der Waals surface area (Å²) in [6, 6.07) is 0. The molecule has 1 atom stereocenters. The fourth-order valence-corrected chi connectivity index (χ4v) is 1.18. The van der Waals surface area contributed by atoms with Crippen molar-refractivity contribution in [3.05, 3.63) is 12.2 Å². The molecule has 15 heavy (non-hydrogen) atoms. The van der Waals surface area contributed by atoms with Gasteiger partial charge in [-0.1, -0.05) is 0 Å². The summed E-state index contributed by atoms with van der Waals surface area (Å²) in [6.07, 6.45) is 4.26. The summed E-state index contributed by atoms with van der Waals surface area (Å²) >= 11 is 0. The van der Waals surface area contributed by atoms with E-state index in [1.54, 1.807) is 0 Å². The third-order valence-corrected chi connectivity index (χ3v) is 1.94. The van der Waals surface area contributed by atoms with Gasteiger partial charge in [-0.15, -0.1) is 0 Å². The number of carbonyl (C=O) groups excluding carboxylic acids is 2. The monoisotopic (exact) mass is 214 g/mol. The van der Waals surface area contributed by atoms with Crippen molar-refractivity contribution in [1.82, 2.24) is 0 Å². The second-order valence-electron chi connectivity index (χ2n) is 3.09. The van der Waals surface area contributed by atoms with Crippen LogP contribution in [-0.4, -0.2) is 31.9 Å². The second-order valence-corrected chi connectivity index (χ2v) is 3.09. The van der Waals surface area contributed by atoms with E-state index >= 15 is 0 Å². The molecular weight excluding hydrogens is 200 g/mol. The van der Waals surface area contributed by atoms with Crippen LogP contribution in [0.3, 0.4) is 0 Å². The first-order chi connectivity index (χ1) is 7.22. The molecule has 1 fully saturated rings. The smallest absolute Gasteiger partial charge is 0.333 e. The van der Waals surface area contributed by atoms with Gasteiger partial charge in [-0.05, 0) is 12.8 Å². The van der Waals surface area contributed by atoms with E-state index in [0.717, 1.165) is 25.0 Å². The molecule has 1 heterocycles. The van der Waals surface area contributed by atoms with Crippen LogP contribution >= 0.6 is 0 Å². The number of carbonyl (C=O) groups is 2. The van der Waals surface area contributed by atoms with E-state index in [1.807, 2.05) is 0 Å². The third-order valence-electron chi connectivity index (χ3n) is 1.94. The van der Waals surface area contributed by atoms with Crippen molar-refractivity contribution in [1.29, 1.82) is 0 Å². The van der Waals surface area contributed by atoms with E-state index < -0.39 is 18.2 Å². The van der Waals surface area contributed by atoms with E-state index in [2.05, 4.69) is 4.74 Å². The van der Waals surface area contributed by atoms with Gasteiger partial charge in [0.25, 0.3) is 0 Å². The van der Waals surface area contributed by atoms with E-state index in [1.165, 1.54) is 7.11 Å². The van der Waals surface area contributed by atoms with Crippen LogP contribution in [0.25, 0.3) is 0 Å². The van der Waals surface area contributed by atoms with Crippen molar-refractivity contribution in [2.45, 2.75) is 25.6 Å². The summed E-state index contributed by atoms with van der Waals surface area (Å²) in [5, 5.41) is 0. The first-order valence-electron chi connectivity index (χ1n) is 4.80. The Labute approximate surface area is 88.0 Å². The maximum atomic E-state index is 11.1. The Morgan fingerprint density at radius 3 is 2.60 bits per heavy atom. The fraction of sp³-hybridized carbons (Fsp3) is 0.600. The first-order valence-corrected chi connectivity index (χ1v) is 4.80. The van der Waals surface area contributed by atoms with Crippen LogP contribution in [0.2, 0.25) is 0 Å². The standard InChI is InChI=1S/C10H14O5/c1-13-8(11)5-6-9(12)15-10-4-2-3-7-14-10/h5-6,10H,2-4,7H2,1H3/b6-5+. The Hall–Kier alpha value is -1.36. The topological polar surface area (TPSA) is 61.8 Å². The molecule has 84 valence electrons. The van der Waals surface area contributed by atoms with Crippen LogP contribution in [0.15, 0.2) is 12.2 Å². The van der Waals surface area contributed by atoms with Crippen LogP contribution < -0.4 is 0 Å². The van der Waals surface area contributed by atoms with Crippen LogP contribution in [0.5, 0.6) is 0 Å². The minimum atomic E-state index is -0.590. The van der Waals surface area contributed by atoms with Gasteiger partial charge < -0.3 is 14.2 Å². The highest BCUT2D eigenvalue weighted by Crippen LogP contribution is 2.13. The molecule has 0 radical (unpaired) electrons. The lowest BCUT2D eigenvalue weighted by Gasteiger charge is -2.21. The van der Waals surface area contributed by atoms with E-state index in [4.69, 9.17) is 9.47 Å². The Morgan fingerprint density at radius 1 is 1.27 bits per heavy atom. The maximum Gasteiger partial charge on any atom is 0.333 e. The number of hydrogen-bond donors (Lipinski definition) is 0. The molecule has 0 aromatic rings. The predicted molar refractivity (Wildman–Crippen MR) is 50.8 cm³/mol. The zero-order valence-electron chi connectivity index (χ0n) is 8.60. The lowest BCUT2D eigenvalue weighted by Crippen LogP contribution is -2.24. The summed E-state index contributed by atoms with van der Waals surface area (Å²) in [5.41, 5.74) is 0. The molecule has 1 unspecified atom stereocenters. The molecule has 0 spiro atoms. The van der Waals surface area contributed by atoms with Gasteiger partial charge in [-0.25, -0.2) is 9.59 Å². The van der Waals surface area contributed by atoms with E-state index in [0.29, 0.717) is 13.0 Å². The molecule has 0 aromatic heterocycles. The average molecular weight is 214 g/mol. The van der Waals surface area contributed by atoms with Gasteiger partial charge in [0.2, 0.25) is 6.29 Å². The van der Waals surface area contributed by atoms with E-state index in [9.17, 15) is 9.59 Å². The largest absolute Gasteiger partial charge is 0.466 e. The molecule has 1 rings (SSSR count). The zero-order chi connectivity index (χ0) is 11.1. The highest BCUT2D eigenvalue weighted by molar-refractivity contribution is 5.91. The summed E-state index contributed by atoms with van der Waals surface area (Å²) in [7, 11) is 1.24. The van der Waals surface area contributed by atoms with Crippen molar-refractivity contribution in [2.75, 3.05) is 13.7 Å². The van der Waals surface area contributed by atoms with Crippen molar-refractivity contribution >= 4 is 11.9 Å². The molecule has 0 aliphatic carbocycles. The third kappa shape index (κ3) is 4.60. The first kappa shape index (κ1) is 11.7. The Balaban J connectivity index is 2.28. The maximum absolute atomic E-state index is 11.1. The van der Waals surface area contributed by atoms with Gasteiger partial charge in [-0.3, -0.25) is 0 Å². The van der Waals surface area contributed by atoms with Crippen LogP contribution in [0.4, 0.5) is 0 Å². The molecule has 5 nitrogen and oxygen atoms in total. The second kappa shape index (κ2) is 6.19. The molecular formula is C10H14O5. The quantitative estimate of drug-likeness (QED) is 0.513. The predicted octanol–water partition coefficient (Wildman–Crippen LogP) is 0.785. The zero-order valence-corrected chi connectivity index (χ0v) is 8.60. The molecule has 1 aliphatic rings. The van der Waals surface area contributed by atoms with Crippen molar-refractivity contribution < 1.29 is 23.8 Å². The van der Waals surface area contributed by atoms with Crippen molar-refractivity contribution in [3.8, 4) is 0 Å². The molecule has 0 aromatic carbocycles. The van der Waals surface area contributed by atoms with Gasteiger partial charge in [0.05, 0.1) is 13.7 Å². The number of hydrogen-bond acceptors (Lipinski definition) is 5. The number of ether oxygens (including phenoxy) is 3. The summed E-state index contributed by atoms with van der Waals surface area (Å²) < 4.78 is 14.4. The van der Waals surface area contributed by atoms with Crippen LogP contribution in [-0.2, 0) is 23.8 Å². The van der Waals surface area contributed by atoms with E-state index in [-0.39, 0.29) is 0 Å². The summed E-state index contributed by atoms with van der Waals surface area (Å²) in [5.74, 6) is -1.18. The summed E-state index contributed by atoms with van der Waals surface area (Å²) in [4.78, 5) is 21.8. The van der Waals surface area contributed by atoms with Gasteiger partial charge in [0.1, 0.15) is 0 Å². The SMILES string of the molecule is COC(=O)/C=C/C(=O)OC1CCCCO1. The highest BCUT2D eigenvalue weighted by Gasteiger charge is 2.16.